The number of methoxy groups -OCH3 is 2. The number of nitrogens with one attached hydrogen (secondary N) is 1. The Morgan fingerprint density at radius 2 is 1.90 bits per heavy atom. The minimum atomic E-state index is -0.175. The molecule has 0 saturated carbocycles. The van der Waals surface area contributed by atoms with Crippen LogP contribution >= 0.6 is 0 Å². The predicted molar refractivity (Wildman–Crippen MR) is 118 cm³/mol. The minimum absolute atomic E-state index is 0.0601. The summed E-state index contributed by atoms with van der Waals surface area (Å²) in [6.07, 6.45) is 2.10. The summed E-state index contributed by atoms with van der Waals surface area (Å²) in [6.45, 7) is 6.78. The van der Waals surface area contributed by atoms with E-state index >= 15 is 0 Å². The van der Waals surface area contributed by atoms with Crippen molar-refractivity contribution in [2.24, 2.45) is 5.92 Å². The van der Waals surface area contributed by atoms with Crippen LogP contribution in [0.3, 0.4) is 0 Å². The van der Waals surface area contributed by atoms with Crippen molar-refractivity contribution >= 4 is 16.9 Å². The Labute approximate surface area is 181 Å². The van der Waals surface area contributed by atoms with E-state index in [0.29, 0.717) is 30.3 Å². The molecule has 1 saturated heterocycles. The van der Waals surface area contributed by atoms with E-state index in [1.165, 1.54) is 0 Å². The van der Waals surface area contributed by atoms with Crippen molar-refractivity contribution in [2.75, 3.05) is 20.8 Å². The minimum Gasteiger partial charge on any atom is -0.493 e. The molecule has 1 N–H and O–H groups in total. The molecule has 164 valence electrons. The number of hydrogen-bond donors (Lipinski definition) is 1. The van der Waals surface area contributed by atoms with Gasteiger partial charge in [-0.2, -0.15) is 0 Å². The van der Waals surface area contributed by atoms with Gasteiger partial charge in [0.25, 0.3) is 0 Å². The molecule has 1 aliphatic rings. The molecule has 1 unspecified atom stereocenters. The first-order chi connectivity index (χ1) is 14.9. The molecule has 1 aliphatic heterocycles. The van der Waals surface area contributed by atoms with Crippen LogP contribution in [0.4, 0.5) is 0 Å². The summed E-state index contributed by atoms with van der Waals surface area (Å²) in [7, 11) is 3.21. The number of carbonyl (C=O) groups is 1. The number of hydrogen-bond acceptors (Lipinski definition) is 6. The Bertz CT molecular complexity index is 1110. The lowest BCUT2D eigenvalue weighted by Gasteiger charge is -2.21. The number of fused-ring (bicyclic) bond motifs is 1. The Morgan fingerprint density at radius 1 is 1.13 bits per heavy atom. The molecular formula is C23H28N4O4. The van der Waals surface area contributed by atoms with Crippen molar-refractivity contribution in [3.63, 3.8) is 0 Å². The lowest BCUT2D eigenvalue weighted by Crippen LogP contribution is -2.26. The number of aromatic nitrogens is 3. The van der Waals surface area contributed by atoms with E-state index in [0.717, 1.165) is 22.3 Å². The Hall–Kier alpha value is -3.29. The van der Waals surface area contributed by atoms with Gasteiger partial charge in [-0.1, -0.05) is 0 Å². The molecule has 0 spiro atoms. The number of pyridine rings is 1. The number of benzene rings is 1. The zero-order chi connectivity index (χ0) is 22.1. The van der Waals surface area contributed by atoms with Gasteiger partial charge in [0.2, 0.25) is 11.8 Å². The van der Waals surface area contributed by atoms with Crippen LogP contribution in [0, 0.1) is 5.92 Å². The van der Waals surface area contributed by atoms with Crippen LogP contribution in [-0.4, -0.2) is 47.3 Å². The summed E-state index contributed by atoms with van der Waals surface area (Å²) in [5, 5.41) is 2.88. The number of amides is 1. The summed E-state index contributed by atoms with van der Waals surface area (Å²) in [6, 6.07) is 7.83. The average Bonchev–Trinajstić information content (AvgIpc) is 3.39. The van der Waals surface area contributed by atoms with Gasteiger partial charge in [-0.25, -0.2) is 9.97 Å². The first kappa shape index (κ1) is 21.0. The molecule has 31 heavy (non-hydrogen) atoms. The third-order valence-corrected chi connectivity index (χ3v) is 5.73. The van der Waals surface area contributed by atoms with Crippen LogP contribution in [0.25, 0.3) is 22.3 Å². The maximum atomic E-state index is 11.7. The molecule has 2 aromatic heterocycles. The van der Waals surface area contributed by atoms with Crippen LogP contribution < -0.4 is 19.5 Å². The average molecular weight is 425 g/mol. The first-order valence-corrected chi connectivity index (χ1v) is 10.4. The highest BCUT2D eigenvalue weighted by atomic mass is 16.5. The first-order valence-electron chi connectivity index (χ1n) is 10.4. The number of nitrogens with zero attached hydrogens (tertiary/aromatic N) is 3. The Kier molecular flexibility index (Phi) is 5.71. The fraction of sp³-hybridized carbons (Fsp3) is 0.435. The van der Waals surface area contributed by atoms with Gasteiger partial charge in [0.15, 0.2) is 11.5 Å². The molecule has 0 radical (unpaired) electrons. The van der Waals surface area contributed by atoms with E-state index in [-0.39, 0.29) is 24.0 Å². The second kappa shape index (κ2) is 8.45. The topological polar surface area (TPSA) is 87.5 Å². The molecule has 2 atom stereocenters. The highest BCUT2D eigenvalue weighted by Crippen LogP contribution is 2.35. The number of rotatable bonds is 7. The van der Waals surface area contributed by atoms with Gasteiger partial charge in [-0.05, 0) is 45.0 Å². The van der Waals surface area contributed by atoms with Crippen molar-refractivity contribution in [1.29, 1.82) is 0 Å². The van der Waals surface area contributed by atoms with Crippen LogP contribution in [0.5, 0.6) is 17.4 Å². The monoisotopic (exact) mass is 424 g/mol. The largest absolute Gasteiger partial charge is 0.493 e. The van der Waals surface area contributed by atoms with Crippen LogP contribution in [0.1, 0.15) is 33.2 Å². The number of imidazole rings is 1. The number of carbonyl (C=O) groups excluding carboxylic acids is 1. The van der Waals surface area contributed by atoms with E-state index in [1.807, 2.05) is 37.5 Å². The van der Waals surface area contributed by atoms with E-state index in [2.05, 4.69) is 28.7 Å². The predicted octanol–water partition coefficient (Wildman–Crippen LogP) is 3.60. The standard InChI is InChI=1S/C23H28N4O4/c1-13(2)27-12-25-18-10-17(15-6-7-19(29-4)20(8-15)30-5)26-23(22(18)27)31-14(3)16-9-21(28)24-11-16/h6-8,10,12-14,16H,9,11H2,1-5H3,(H,24,28)/t14?,16-/m1/s1. The van der Waals surface area contributed by atoms with E-state index in [9.17, 15) is 4.79 Å². The second-order valence-electron chi connectivity index (χ2n) is 8.09. The van der Waals surface area contributed by atoms with Crippen LogP contribution in [-0.2, 0) is 4.79 Å². The van der Waals surface area contributed by atoms with Gasteiger partial charge in [-0.15, -0.1) is 0 Å². The molecule has 3 heterocycles. The highest BCUT2D eigenvalue weighted by Gasteiger charge is 2.29. The Balaban J connectivity index is 1.79. The summed E-state index contributed by atoms with van der Waals surface area (Å²) in [5.41, 5.74) is 3.25. The van der Waals surface area contributed by atoms with E-state index in [4.69, 9.17) is 19.2 Å². The highest BCUT2D eigenvalue weighted by molar-refractivity contribution is 5.85. The zero-order valence-electron chi connectivity index (χ0n) is 18.5. The van der Waals surface area contributed by atoms with Gasteiger partial charge < -0.3 is 24.1 Å². The van der Waals surface area contributed by atoms with Crippen molar-refractivity contribution < 1.29 is 19.0 Å². The molecule has 0 bridgehead atoms. The molecule has 4 rings (SSSR count). The molecule has 8 heteroatoms. The molecule has 1 amide bonds. The fourth-order valence-electron chi connectivity index (χ4n) is 3.87. The molecular weight excluding hydrogens is 396 g/mol. The van der Waals surface area contributed by atoms with Gasteiger partial charge in [-0.3, -0.25) is 4.79 Å². The summed E-state index contributed by atoms with van der Waals surface area (Å²) >= 11 is 0. The van der Waals surface area contributed by atoms with Gasteiger partial charge in [0.05, 0.1) is 31.8 Å². The summed E-state index contributed by atoms with van der Waals surface area (Å²) < 4.78 is 19.2. The van der Waals surface area contributed by atoms with Gasteiger partial charge in [0, 0.05) is 30.5 Å². The number of ether oxygens (including phenoxy) is 3. The van der Waals surface area contributed by atoms with Crippen LogP contribution in [0.15, 0.2) is 30.6 Å². The normalized spacial score (nSPS) is 17.1. The lowest BCUT2D eigenvalue weighted by atomic mass is 10.0. The molecule has 1 fully saturated rings. The SMILES string of the molecule is COc1ccc(-c2cc3ncn(C(C)C)c3c(OC(C)[C@H]3CNC(=O)C3)n2)cc1OC. The van der Waals surface area contributed by atoms with Crippen molar-refractivity contribution in [3.05, 3.63) is 30.6 Å². The maximum Gasteiger partial charge on any atom is 0.241 e. The Morgan fingerprint density at radius 3 is 2.55 bits per heavy atom. The smallest absolute Gasteiger partial charge is 0.241 e. The third kappa shape index (κ3) is 4.02. The molecule has 1 aromatic carbocycles. The molecule has 0 aliphatic carbocycles. The van der Waals surface area contributed by atoms with Gasteiger partial charge >= 0.3 is 0 Å². The van der Waals surface area contributed by atoms with E-state index in [1.54, 1.807) is 14.2 Å². The fourth-order valence-corrected chi connectivity index (χ4v) is 3.87. The summed E-state index contributed by atoms with van der Waals surface area (Å²) in [4.78, 5) is 21.1. The maximum absolute atomic E-state index is 11.7. The van der Waals surface area contributed by atoms with Crippen molar-refractivity contribution in [3.8, 4) is 28.6 Å². The van der Waals surface area contributed by atoms with Crippen molar-refractivity contribution in [1.82, 2.24) is 19.9 Å². The van der Waals surface area contributed by atoms with Gasteiger partial charge in [0.1, 0.15) is 11.6 Å². The van der Waals surface area contributed by atoms with E-state index < -0.39 is 0 Å². The third-order valence-electron chi connectivity index (χ3n) is 5.73. The lowest BCUT2D eigenvalue weighted by molar-refractivity contribution is -0.119. The molecule has 3 aromatic rings. The second-order valence-corrected chi connectivity index (χ2v) is 8.09. The molecule has 8 nitrogen and oxygen atoms in total. The quantitative estimate of drug-likeness (QED) is 0.624. The zero-order valence-corrected chi connectivity index (χ0v) is 18.5. The van der Waals surface area contributed by atoms with Crippen molar-refractivity contribution in [2.45, 2.75) is 39.3 Å². The summed E-state index contributed by atoms with van der Waals surface area (Å²) in [5.74, 6) is 1.95. The van der Waals surface area contributed by atoms with Crippen LogP contribution in [0.2, 0.25) is 0 Å².